The van der Waals surface area contributed by atoms with Crippen LogP contribution in [-0.4, -0.2) is 27.7 Å². The molecule has 1 aromatic heterocycles. The van der Waals surface area contributed by atoms with Crippen LogP contribution in [-0.2, 0) is 16.0 Å². The first-order valence-corrected chi connectivity index (χ1v) is 7.34. The molecule has 0 radical (unpaired) electrons. The number of aromatic nitrogens is 2. The lowest BCUT2D eigenvalue weighted by molar-refractivity contribution is -0.144. The number of carbonyl (C=O) groups is 1. The Morgan fingerprint density at radius 3 is 2.82 bits per heavy atom. The summed E-state index contributed by atoms with van der Waals surface area (Å²) in [6.45, 7) is 2.11. The third kappa shape index (κ3) is 2.52. The monoisotopic (exact) mass is 302 g/mol. The van der Waals surface area contributed by atoms with Crippen molar-refractivity contribution >= 4 is 5.97 Å². The molecule has 0 spiro atoms. The van der Waals surface area contributed by atoms with Gasteiger partial charge < -0.3 is 14.8 Å². The average Bonchev–Trinajstić information content (AvgIpc) is 2.98. The number of fused-ring (bicyclic) bond motifs is 1. The zero-order valence-corrected chi connectivity index (χ0v) is 12.3. The summed E-state index contributed by atoms with van der Waals surface area (Å²) >= 11 is 0. The van der Waals surface area contributed by atoms with Gasteiger partial charge in [-0.2, -0.15) is 0 Å². The number of benzene rings is 1. The highest BCUT2D eigenvalue weighted by molar-refractivity contribution is 5.70. The second-order valence-electron chi connectivity index (χ2n) is 5.49. The lowest BCUT2D eigenvalue weighted by Crippen LogP contribution is -2.17. The summed E-state index contributed by atoms with van der Waals surface area (Å²) < 4.78 is 5.04. The Balaban J connectivity index is 1.98. The van der Waals surface area contributed by atoms with Crippen molar-refractivity contribution in [1.82, 2.24) is 9.97 Å². The number of nitrogens with one attached hydrogen (secondary N) is 2. The highest BCUT2D eigenvalue weighted by Crippen LogP contribution is 2.45. The van der Waals surface area contributed by atoms with E-state index in [0.717, 1.165) is 11.1 Å². The standard InChI is InChI=1S/C16H18N2O4/c1-2-22-12(19)8-10-7-9-5-3-4-6-11(9)13(10)14-15(20)18-16(21)17-14/h3-6,10,13,20H,2,7-8H2,1H3,(H2,17,18,21). The molecule has 2 aromatic rings. The lowest BCUT2D eigenvalue weighted by Gasteiger charge is -2.18. The molecule has 0 aliphatic heterocycles. The van der Waals surface area contributed by atoms with E-state index in [1.165, 1.54) is 0 Å². The molecule has 3 rings (SSSR count). The molecule has 2 atom stereocenters. The predicted molar refractivity (Wildman–Crippen MR) is 79.8 cm³/mol. The van der Waals surface area contributed by atoms with Gasteiger partial charge in [0.15, 0.2) is 0 Å². The summed E-state index contributed by atoms with van der Waals surface area (Å²) in [5, 5.41) is 9.97. The Morgan fingerprint density at radius 2 is 2.14 bits per heavy atom. The number of hydrogen-bond donors (Lipinski definition) is 3. The molecule has 22 heavy (non-hydrogen) atoms. The van der Waals surface area contributed by atoms with Crippen LogP contribution in [0.1, 0.15) is 36.1 Å². The van der Waals surface area contributed by atoms with Crippen molar-refractivity contribution in [2.45, 2.75) is 25.7 Å². The van der Waals surface area contributed by atoms with E-state index < -0.39 is 5.69 Å². The van der Waals surface area contributed by atoms with Crippen LogP contribution in [0.3, 0.4) is 0 Å². The first-order chi connectivity index (χ1) is 10.6. The largest absolute Gasteiger partial charge is 0.493 e. The first kappa shape index (κ1) is 14.4. The van der Waals surface area contributed by atoms with Gasteiger partial charge in [-0.25, -0.2) is 4.79 Å². The number of ether oxygens (including phenoxy) is 1. The van der Waals surface area contributed by atoms with Crippen LogP contribution in [0.15, 0.2) is 29.1 Å². The number of rotatable bonds is 4. The van der Waals surface area contributed by atoms with Crippen LogP contribution in [0.5, 0.6) is 5.88 Å². The molecule has 6 nitrogen and oxygen atoms in total. The fraction of sp³-hybridized carbons (Fsp3) is 0.375. The molecule has 0 fully saturated rings. The molecule has 0 saturated carbocycles. The summed E-state index contributed by atoms with van der Waals surface area (Å²) in [4.78, 5) is 28.3. The number of aromatic hydroxyl groups is 1. The average molecular weight is 302 g/mol. The molecular formula is C16H18N2O4. The Labute approximate surface area is 127 Å². The maximum atomic E-state index is 11.9. The molecule has 1 aliphatic rings. The molecule has 116 valence electrons. The normalized spacial score (nSPS) is 19.9. The van der Waals surface area contributed by atoms with E-state index in [1.807, 2.05) is 24.3 Å². The van der Waals surface area contributed by atoms with Gasteiger partial charge in [0.25, 0.3) is 0 Å². The molecule has 0 bridgehead atoms. The summed E-state index contributed by atoms with van der Waals surface area (Å²) in [6.07, 6.45) is 0.964. The molecule has 1 aliphatic carbocycles. The highest BCUT2D eigenvalue weighted by Gasteiger charge is 2.37. The van der Waals surface area contributed by atoms with E-state index in [-0.39, 0.29) is 30.1 Å². The number of aromatic amines is 2. The second kappa shape index (κ2) is 5.71. The van der Waals surface area contributed by atoms with Crippen molar-refractivity contribution in [3.63, 3.8) is 0 Å². The third-order valence-corrected chi connectivity index (χ3v) is 4.12. The summed E-state index contributed by atoms with van der Waals surface area (Å²) in [5.41, 5.74) is 2.14. The molecule has 0 amide bonds. The predicted octanol–water partition coefficient (Wildman–Crippen LogP) is 1.67. The van der Waals surface area contributed by atoms with E-state index in [1.54, 1.807) is 6.92 Å². The van der Waals surface area contributed by atoms with Gasteiger partial charge in [-0.3, -0.25) is 9.78 Å². The van der Waals surface area contributed by atoms with Crippen LogP contribution in [0.4, 0.5) is 0 Å². The van der Waals surface area contributed by atoms with Crippen molar-refractivity contribution < 1.29 is 14.6 Å². The Hall–Kier alpha value is -2.50. The number of H-pyrrole nitrogens is 2. The second-order valence-corrected chi connectivity index (χ2v) is 5.49. The third-order valence-electron chi connectivity index (χ3n) is 4.12. The molecule has 1 aromatic carbocycles. The van der Waals surface area contributed by atoms with Crippen LogP contribution in [0, 0.1) is 5.92 Å². The van der Waals surface area contributed by atoms with E-state index >= 15 is 0 Å². The lowest BCUT2D eigenvalue weighted by atomic mass is 9.87. The van der Waals surface area contributed by atoms with Crippen molar-refractivity contribution in [2.24, 2.45) is 5.92 Å². The van der Waals surface area contributed by atoms with Gasteiger partial charge in [0.1, 0.15) is 0 Å². The van der Waals surface area contributed by atoms with Crippen LogP contribution in [0.25, 0.3) is 0 Å². The van der Waals surface area contributed by atoms with E-state index in [2.05, 4.69) is 9.97 Å². The smallest absolute Gasteiger partial charge is 0.325 e. The molecule has 6 heteroatoms. The molecule has 3 N–H and O–H groups in total. The summed E-state index contributed by atoms with van der Waals surface area (Å²) in [5.74, 6) is -0.698. The van der Waals surface area contributed by atoms with Gasteiger partial charge in [-0.1, -0.05) is 24.3 Å². The van der Waals surface area contributed by atoms with Gasteiger partial charge in [-0.15, -0.1) is 0 Å². The fourth-order valence-corrected chi connectivity index (χ4v) is 3.31. The first-order valence-electron chi connectivity index (χ1n) is 7.34. The zero-order chi connectivity index (χ0) is 15.7. The van der Waals surface area contributed by atoms with Crippen molar-refractivity contribution in [3.05, 3.63) is 51.6 Å². The number of hydrogen-bond acceptors (Lipinski definition) is 4. The number of imidazole rings is 1. The Morgan fingerprint density at radius 1 is 1.36 bits per heavy atom. The minimum Gasteiger partial charge on any atom is -0.493 e. The Kier molecular flexibility index (Phi) is 3.75. The number of carbonyl (C=O) groups excluding carboxylic acids is 1. The van der Waals surface area contributed by atoms with E-state index in [4.69, 9.17) is 4.74 Å². The molecule has 2 unspecified atom stereocenters. The SMILES string of the molecule is CCOC(=O)CC1Cc2ccccc2C1c1[nH]c(=O)[nH]c1O. The summed E-state index contributed by atoms with van der Waals surface area (Å²) in [6, 6.07) is 7.84. The minimum atomic E-state index is -0.452. The summed E-state index contributed by atoms with van der Waals surface area (Å²) in [7, 11) is 0. The molecule has 1 heterocycles. The van der Waals surface area contributed by atoms with Crippen molar-refractivity contribution in [2.75, 3.05) is 6.61 Å². The quantitative estimate of drug-likeness (QED) is 0.749. The topological polar surface area (TPSA) is 95.2 Å². The fourth-order valence-electron chi connectivity index (χ4n) is 3.31. The van der Waals surface area contributed by atoms with Gasteiger partial charge in [0, 0.05) is 12.3 Å². The van der Waals surface area contributed by atoms with Crippen molar-refractivity contribution in [1.29, 1.82) is 0 Å². The Bertz CT molecular complexity index is 747. The molecular weight excluding hydrogens is 284 g/mol. The molecule has 0 saturated heterocycles. The maximum Gasteiger partial charge on any atom is 0.325 e. The van der Waals surface area contributed by atoms with E-state index in [9.17, 15) is 14.7 Å². The van der Waals surface area contributed by atoms with Crippen LogP contribution >= 0.6 is 0 Å². The van der Waals surface area contributed by atoms with Gasteiger partial charge in [-0.05, 0) is 30.4 Å². The highest BCUT2D eigenvalue weighted by atomic mass is 16.5. The minimum absolute atomic E-state index is 0.0474. The van der Waals surface area contributed by atoms with Crippen molar-refractivity contribution in [3.8, 4) is 5.88 Å². The van der Waals surface area contributed by atoms with Crippen LogP contribution in [0.2, 0.25) is 0 Å². The van der Waals surface area contributed by atoms with Gasteiger partial charge in [0.05, 0.1) is 12.3 Å². The van der Waals surface area contributed by atoms with Gasteiger partial charge >= 0.3 is 11.7 Å². The van der Waals surface area contributed by atoms with Crippen LogP contribution < -0.4 is 5.69 Å². The number of esters is 1. The van der Waals surface area contributed by atoms with E-state index in [0.29, 0.717) is 18.7 Å². The zero-order valence-electron chi connectivity index (χ0n) is 12.3. The van der Waals surface area contributed by atoms with Gasteiger partial charge in [0.2, 0.25) is 5.88 Å². The maximum absolute atomic E-state index is 11.9.